The van der Waals surface area contributed by atoms with Gasteiger partial charge in [0.05, 0.1) is 25.5 Å². The number of ether oxygens (including phenoxy) is 3. The number of amides is 2. The van der Waals surface area contributed by atoms with Crippen LogP contribution in [-0.2, 0) is 0 Å². The first-order valence-electron chi connectivity index (χ1n) is 9.75. The number of carbonyl (C=O) groups is 1. The van der Waals surface area contributed by atoms with E-state index < -0.39 is 0 Å². The number of urea groups is 1. The van der Waals surface area contributed by atoms with Crippen LogP contribution in [0.5, 0.6) is 17.2 Å². The Labute approximate surface area is 167 Å². The lowest BCUT2D eigenvalue weighted by atomic mass is 10.2. The van der Waals surface area contributed by atoms with Crippen molar-refractivity contribution in [3.05, 3.63) is 42.0 Å². The van der Waals surface area contributed by atoms with Gasteiger partial charge in [-0.15, -0.1) is 0 Å². The van der Waals surface area contributed by atoms with Crippen LogP contribution < -0.4 is 24.4 Å². The highest BCUT2D eigenvalue weighted by Crippen LogP contribution is 2.41. The third-order valence-corrected chi connectivity index (χ3v) is 4.04. The van der Waals surface area contributed by atoms with Gasteiger partial charge in [-0.2, -0.15) is 0 Å². The van der Waals surface area contributed by atoms with Crippen molar-refractivity contribution in [3.8, 4) is 17.2 Å². The minimum atomic E-state index is -0.220. The van der Waals surface area contributed by atoms with Crippen LogP contribution in [0.2, 0.25) is 0 Å². The number of hydrogen-bond donors (Lipinski definition) is 1. The summed E-state index contributed by atoms with van der Waals surface area (Å²) in [6.07, 6.45) is 0. The lowest BCUT2D eigenvalue weighted by molar-refractivity contribution is 0.256. The molecule has 0 spiro atoms. The molecule has 2 amide bonds. The predicted octanol–water partition coefficient (Wildman–Crippen LogP) is 5.25. The van der Waals surface area contributed by atoms with Crippen LogP contribution >= 0.6 is 0 Å². The lowest BCUT2D eigenvalue weighted by Crippen LogP contribution is -2.34. The van der Waals surface area contributed by atoms with Crippen molar-refractivity contribution in [1.29, 1.82) is 0 Å². The van der Waals surface area contributed by atoms with Gasteiger partial charge in [0.15, 0.2) is 11.5 Å². The van der Waals surface area contributed by atoms with E-state index in [0.717, 1.165) is 11.3 Å². The number of carbonyl (C=O) groups excluding carboxylic acids is 1. The zero-order valence-electron chi connectivity index (χ0n) is 17.4. The van der Waals surface area contributed by atoms with Crippen LogP contribution in [0.1, 0.15) is 33.3 Å². The topological polar surface area (TPSA) is 60.0 Å². The van der Waals surface area contributed by atoms with E-state index in [1.807, 2.05) is 58.9 Å². The summed E-state index contributed by atoms with van der Waals surface area (Å²) < 4.78 is 17.1. The highest BCUT2D eigenvalue weighted by atomic mass is 16.5. The number of nitrogens with one attached hydrogen (secondary N) is 1. The molecule has 0 radical (unpaired) electrons. The molecule has 152 valence electrons. The van der Waals surface area contributed by atoms with Gasteiger partial charge in [-0.05, 0) is 52.3 Å². The fraction of sp³-hybridized carbons (Fsp3) is 0.409. The van der Waals surface area contributed by atoms with Gasteiger partial charge in [0, 0.05) is 24.4 Å². The molecule has 0 aliphatic rings. The normalized spacial score (nSPS) is 10.3. The van der Waals surface area contributed by atoms with Crippen molar-refractivity contribution in [3.63, 3.8) is 0 Å². The summed E-state index contributed by atoms with van der Waals surface area (Å²) in [7, 11) is 0. The maximum Gasteiger partial charge on any atom is 0.326 e. The second kappa shape index (κ2) is 10.4. The molecule has 6 heteroatoms. The van der Waals surface area contributed by atoms with Gasteiger partial charge >= 0.3 is 6.03 Å². The second-order valence-corrected chi connectivity index (χ2v) is 6.11. The minimum absolute atomic E-state index is 0.220. The minimum Gasteiger partial charge on any atom is -0.490 e. The van der Waals surface area contributed by atoms with Crippen LogP contribution in [0.25, 0.3) is 0 Å². The van der Waals surface area contributed by atoms with E-state index >= 15 is 0 Å². The van der Waals surface area contributed by atoms with Crippen molar-refractivity contribution in [2.24, 2.45) is 0 Å². The lowest BCUT2D eigenvalue weighted by Gasteiger charge is -2.23. The molecule has 0 atom stereocenters. The molecule has 2 rings (SSSR count). The molecule has 2 aromatic rings. The maximum absolute atomic E-state index is 12.9. The Morgan fingerprint density at radius 2 is 1.54 bits per heavy atom. The standard InChI is InChI=1S/C22H30N2O4/c1-6-24(18-12-10-11-16(5)13-18)22(25)23-17-14-19(26-7-2)21(28-9-4)20(15-17)27-8-3/h10-15H,6-9H2,1-5H3,(H,23,25). The molecule has 0 heterocycles. The predicted molar refractivity (Wildman–Crippen MR) is 113 cm³/mol. The Balaban J connectivity index is 2.33. The molecule has 0 aliphatic heterocycles. The van der Waals surface area contributed by atoms with Crippen LogP contribution in [-0.4, -0.2) is 32.4 Å². The van der Waals surface area contributed by atoms with E-state index in [2.05, 4.69) is 5.32 Å². The van der Waals surface area contributed by atoms with Gasteiger partial charge in [-0.3, -0.25) is 4.90 Å². The third kappa shape index (κ3) is 5.31. The molecular formula is C22H30N2O4. The molecule has 0 aliphatic carbocycles. The van der Waals surface area contributed by atoms with Gasteiger partial charge in [-0.25, -0.2) is 4.79 Å². The summed E-state index contributed by atoms with van der Waals surface area (Å²) >= 11 is 0. The molecule has 1 N–H and O–H groups in total. The van der Waals surface area contributed by atoms with Gasteiger partial charge in [0.2, 0.25) is 5.75 Å². The first kappa shape index (κ1) is 21.4. The molecule has 2 aromatic carbocycles. The average molecular weight is 386 g/mol. The molecule has 0 bridgehead atoms. The Hall–Kier alpha value is -2.89. The molecule has 0 saturated heterocycles. The fourth-order valence-corrected chi connectivity index (χ4v) is 2.89. The zero-order chi connectivity index (χ0) is 20.5. The van der Waals surface area contributed by atoms with E-state index in [-0.39, 0.29) is 6.03 Å². The summed E-state index contributed by atoms with van der Waals surface area (Å²) in [5.74, 6) is 1.64. The molecule has 6 nitrogen and oxygen atoms in total. The Kier molecular flexibility index (Phi) is 7.99. The fourth-order valence-electron chi connectivity index (χ4n) is 2.89. The summed E-state index contributed by atoms with van der Waals surface area (Å²) in [5.41, 5.74) is 2.54. The van der Waals surface area contributed by atoms with E-state index in [1.165, 1.54) is 0 Å². The molecule has 0 unspecified atom stereocenters. The average Bonchev–Trinajstić information content (AvgIpc) is 2.65. The Morgan fingerprint density at radius 1 is 0.929 bits per heavy atom. The molecule has 28 heavy (non-hydrogen) atoms. The summed E-state index contributed by atoms with van der Waals surface area (Å²) in [5, 5.41) is 2.95. The van der Waals surface area contributed by atoms with Gasteiger partial charge in [0.25, 0.3) is 0 Å². The zero-order valence-corrected chi connectivity index (χ0v) is 17.4. The van der Waals surface area contributed by atoms with Crippen molar-refractivity contribution in [2.75, 3.05) is 36.6 Å². The second-order valence-electron chi connectivity index (χ2n) is 6.11. The third-order valence-electron chi connectivity index (χ3n) is 4.04. The Morgan fingerprint density at radius 3 is 2.04 bits per heavy atom. The van der Waals surface area contributed by atoms with Gasteiger partial charge in [-0.1, -0.05) is 12.1 Å². The van der Waals surface area contributed by atoms with Crippen molar-refractivity contribution in [1.82, 2.24) is 0 Å². The largest absolute Gasteiger partial charge is 0.490 e. The highest BCUT2D eigenvalue weighted by molar-refractivity contribution is 6.02. The Bertz CT molecular complexity index is 765. The number of rotatable bonds is 9. The summed E-state index contributed by atoms with van der Waals surface area (Å²) in [6, 6.07) is 11.2. The first-order chi connectivity index (χ1) is 13.5. The van der Waals surface area contributed by atoms with E-state index in [4.69, 9.17) is 14.2 Å². The summed E-state index contributed by atoms with van der Waals surface area (Å²) in [4.78, 5) is 14.6. The highest BCUT2D eigenvalue weighted by Gasteiger charge is 2.19. The smallest absolute Gasteiger partial charge is 0.326 e. The molecule has 0 aromatic heterocycles. The van der Waals surface area contributed by atoms with Crippen LogP contribution in [0.4, 0.5) is 16.2 Å². The van der Waals surface area contributed by atoms with Gasteiger partial charge < -0.3 is 19.5 Å². The van der Waals surface area contributed by atoms with Gasteiger partial charge in [0.1, 0.15) is 0 Å². The van der Waals surface area contributed by atoms with Crippen LogP contribution in [0.3, 0.4) is 0 Å². The van der Waals surface area contributed by atoms with Crippen molar-refractivity contribution < 1.29 is 19.0 Å². The number of anilines is 2. The number of hydrogen-bond acceptors (Lipinski definition) is 4. The molecule has 0 saturated carbocycles. The number of benzene rings is 2. The van der Waals surface area contributed by atoms with Crippen LogP contribution in [0.15, 0.2) is 36.4 Å². The van der Waals surface area contributed by atoms with Crippen molar-refractivity contribution >= 4 is 17.4 Å². The maximum atomic E-state index is 12.9. The number of aryl methyl sites for hydroxylation is 1. The summed E-state index contributed by atoms with van der Waals surface area (Å²) in [6.45, 7) is 11.6. The van der Waals surface area contributed by atoms with Crippen molar-refractivity contribution in [2.45, 2.75) is 34.6 Å². The first-order valence-corrected chi connectivity index (χ1v) is 9.75. The van der Waals surface area contributed by atoms with E-state index in [9.17, 15) is 4.79 Å². The van der Waals surface area contributed by atoms with Crippen LogP contribution in [0, 0.1) is 6.92 Å². The van der Waals surface area contributed by atoms with E-state index in [0.29, 0.717) is 49.3 Å². The SMILES string of the molecule is CCOc1cc(NC(=O)N(CC)c2cccc(C)c2)cc(OCC)c1OCC. The number of nitrogens with zero attached hydrogens (tertiary/aromatic N) is 1. The molecule has 0 fully saturated rings. The molecular weight excluding hydrogens is 356 g/mol. The van der Waals surface area contributed by atoms with E-state index in [1.54, 1.807) is 17.0 Å². The monoisotopic (exact) mass is 386 g/mol. The quantitative estimate of drug-likeness (QED) is 0.639.